The summed E-state index contributed by atoms with van der Waals surface area (Å²) in [6, 6.07) is 0.180. The summed E-state index contributed by atoms with van der Waals surface area (Å²) in [7, 11) is -0.964. The molecule has 0 bridgehead atoms. The topological polar surface area (TPSA) is 84.0 Å². The van der Waals surface area contributed by atoms with Crippen molar-refractivity contribution in [3.63, 3.8) is 0 Å². The zero-order chi connectivity index (χ0) is 15.0. The number of sulfone groups is 1. The van der Waals surface area contributed by atoms with E-state index in [1.165, 1.54) is 0 Å². The van der Waals surface area contributed by atoms with Crippen LogP contribution in [0.1, 0.15) is 43.0 Å². The lowest BCUT2D eigenvalue weighted by molar-refractivity contribution is 0.558. The van der Waals surface area contributed by atoms with Gasteiger partial charge in [-0.05, 0) is 32.6 Å². The van der Waals surface area contributed by atoms with Crippen molar-refractivity contribution in [3.8, 4) is 0 Å². The van der Waals surface area contributed by atoms with Crippen molar-refractivity contribution in [2.24, 2.45) is 0 Å². The molecule has 2 heterocycles. The largest absolute Gasteiger partial charge is 0.373 e. The monoisotopic (exact) mass is 310 g/mol. The van der Waals surface area contributed by atoms with Gasteiger partial charge >= 0.3 is 0 Å². The van der Waals surface area contributed by atoms with E-state index < -0.39 is 9.84 Å². The smallest absolute Gasteiger partial charge is 0.150 e. The van der Waals surface area contributed by atoms with Crippen LogP contribution in [0.2, 0.25) is 0 Å². The van der Waals surface area contributed by atoms with Gasteiger partial charge in [0.15, 0.2) is 0 Å². The van der Waals surface area contributed by atoms with Crippen molar-refractivity contribution in [1.82, 2.24) is 9.97 Å². The van der Waals surface area contributed by atoms with Gasteiger partial charge in [0.2, 0.25) is 0 Å². The second-order valence-electron chi connectivity index (χ2n) is 6.00. The lowest BCUT2D eigenvalue weighted by Gasteiger charge is -2.25. The van der Waals surface area contributed by atoms with Crippen LogP contribution in [0.3, 0.4) is 0 Å². The zero-order valence-electron chi connectivity index (χ0n) is 12.5. The molecule has 2 aliphatic rings. The van der Waals surface area contributed by atoms with E-state index in [4.69, 9.17) is 0 Å². The number of aromatic nitrogens is 2. The normalized spacial score (nSPS) is 22.0. The summed E-state index contributed by atoms with van der Waals surface area (Å²) in [5, 5.41) is 6.55. The number of hydrogen-bond donors (Lipinski definition) is 2. The first-order chi connectivity index (χ1) is 9.98. The molecule has 6 nitrogen and oxygen atoms in total. The fourth-order valence-electron chi connectivity index (χ4n) is 2.67. The fourth-order valence-corrected chi connectivity index (χ4v) is 4.16. The number of hydrogen-bond acceptors (Lipinski definition) is 6. The number of nitrogens with zero attached hydrogens (tertiary/aromatic N) is 2. The van der Waals surface area contributed by atoms with Crippen molar-refractivity contribution < 1.29 is 8.42 Å². The van der Waals surface area contributed by atoms with Gasteiger partial charge in [-0.25, -0.2) is 18.4 Å². The maximum atomic E-state index is 11.5. The first-order valence-corrected chi connectivity index (χ1v) is 9.34. The molecule has 1 saturated carbocycles. The Labute approximate surface area is 125 Å². The Kier molecular flexibility index (Phi) is 3.77. The maximum absolute atomic E-state index is 11.5. The Balaban J connectivity index is 1.79. The third kappa shape index (κ3) is 3.28. The highest BCUT2D eigenvalue weighted by Gasteiger charge is 2.29. The van der Waals surface area contributed by atoms with Crippen molar-refractivity contribution in [2.45, 2.75) is 44.6 Å². The molecule has 2 fully saturated rings. The molecule has 1 saturated heterocycles. The molecular weight excluding hydrogens is 288 g/mol. The Morgan fingerprint density at radius 3 is 2.24 bits per heavy atom. The third-order valence-corrected chi connectivity index (χ3v) is 5.95. The molecule has 21 heavy (non-hydrogen) atoms. The van der Waals surface area contributed by atoms with Crippen LogP contribution in [0.15, 0.2) is 0 Å². The minimum atomic E-state index is -2.83. The van der Waals surface area contributed by atoms with Gasteiger partial charge in [-0.2, -0.15) is 0 Å². The molecule has 1 aromatic heterocycles. The van der Waals surface area contributed by atoms with Crippen LogP contribution in [0.25, 0.3) is 0 Å². The van der Waals surface area contributed by atoms with E-state index in [1.807, 2.05) is 14.0 Å². The molecule has 3 rings (SSSR count). The van der Waals surface area contributed by atoms with E-state index in [9.17, 15) is 8.42 Å². The number of rotatable bonds is 4. The zero-order valence-corrected chi connectivity index (χ0v) is 13.3. The van der Waals surface area contributed by atoms with Crippen LogP contribution in [-0.4, -0.2) is 43.0 Å². The summed E-state index contributed by atoms with van der Waals surface area (Å²) < 4.78 is 23.0. The predicted octanol–water partition coefficient (Wildman–Crippen LogP) is 1.69. The van der Waals surface area contributed by atoms with Gasteiger partial charge in [0.25, 0.3) is 0 Å². The van der Waals surface area contributed by atoms with Gasteiger partial charge in [-0.1, -0.05) is 0 Å². The molecule has 1 aliphatic heterocycles. The lowest BCUT2D eigenvalue weighted by atomic mass is 10.1. The first kappa shape index (κ1) is 14.6. The quantitative estimate of drug-likeness (QED) is 0.880. The van der Waals surface area contributed by atoms with Gasteiger partial charge in [0.1, 0.15) is 27.3 Å². The molecular formula is C14H22N4O2S. The molecule has 0 radical (unpaired) electrons. The average molecular weight is 310 g/mol. The molecule has 0 amide bonds. The second kappa shape index (κ2) is 5.44. The summed E-state index contributed by atoms with van der Waals surface area (Å²) in [6.07, 6.45) is 3.62. The summed E-state index contributed by atoms with van der Waals surface area (Å²) >= 11 is 0. The van der Waals surface area contributed by atoms with E-state index in [0.29, 0.717) is 18.8 Å². The first-order valence-electron chi connectivity index (χ1n) is 7.52. The van der Waals surface area contributed by atoms with E-state index in [0.717, 1.165) is 35.9 Å². The highest BCUT2D eigenvalue weighted by molar-refractivity contribution is 7.91. The molecule has 7 heteroatoms. The Morgan fingerprint density at radius 2 is 1.67 bits per heavy atom. The molecule has 0 aromatic carbocycles. The van der Waals surface area contributed by atoms with E-state index in [-0.39, 0.29) is 17.5 Å². The highest BCUT2D eigenvalue weighted by atomic mass is 32.2. The molecule has 1 aromatic rings. The minimum absolute atomic E-state index is 0.180. The molecule has 1 aliphatic carbocycles. The predicted molar refractivity (Wildman–Crippen MR) is 83.6 cm³/mol. The summed E-state index contributed by atoms with van der Waals surface area (Å²) in [6.45, 7) is 1.99. The fraction of sp³-hybridized carbons (Fsp3) is 0.714. The minimum Gasteiger partial charge on any atom is -0.373 e. The van der Waals surface area contributed by atoms with Gasteiger partial charge in [-0.15, -0.1) is 0 Å². The van der Waals surface area contributed by atoms with Crippen LogP contribution in [0, 0.1) is 6.92 Å². The van der Waals surface area contributed by atoms with Crippen LogP contribution in [0.4, 0.5) is 11.6 Å². The summed E-state index contributed by atoms with van der Waals surface area (Å²) in [5.74, 6) is 3.63. The Hall–Kier alpha value is -1.37. The number of nitrogens with one attached hydrogen (secondary N) is 2. The van der Waals surface area contributed by atoms with E-state index >= 15 is 0 Å². The van der Waals surface area contributed by atoms with Crippen LogP contribution in [0.5, 0.6) is 0 Å². The molecule has 0 atom stereocenters. The average Bonchev–Trinajstić information content (AvgIpc) is 3.28. The maximum Gasteiger partial charge on any atom is 0.150 e. The molecule has 0 spiro atoms. The Bertz CT molecular complexity index is 627. The van der Waals surface area contributed by atoms with Gasteiger partial charge in [0.05, 0.1) is 11.5 Å². The van der Waals surface area contributed by atoms with E-state index in [1.54, 1.807) is 0 Å². The Morgan fingerprint density at radius 1 is 1.05 bits per heavy atom. The number of anilines is 2. The van der Waals surface area contributed by atoms with Gasteiger partial charge in [-0.3, -0.25) is 0 Å². The van der Waals surface area contributed by atoms with Crippen molar-refractivity contribution in [3.05, 3.63) is 11.4 Å². The van der Waals surface area contributed by atoms with Crippen molar-refractivity contribution in [2.75, 3.05) is 29.2 Å². The molecule has 0 unspecified atom stereocenters. The highest BCUT2D eigenvalue weighted by Crippen LogP contribution is 2.39. The standard InChI is InChI=1S/C14H22N4O2S/c1-9-12(15-2)17-14(10-3-4-10)18-13(9)16-11-5-7-21(19,20)8-6-11/h10-11H,3-8H2,1-2H3,(H2,15,16,17,18). The molecule has 116 valence electrons. The lowest BCUT2D eigenvalue weighted by Crippen LogP contribution is -2.32. The van der Waals surface area contributed by atoms with Gasteiger partial charge < -0.3 is 10.6 Å². The SMILES string of the molecule is CNc1nc(C2CC2)nc(NC2CCS(=O)(=O)CC2)c1C. The second-order valence-corrected chi connectivity index (χ2v) is 8.30. The van der Waals surface area contributed by atoms with Crippen LogP contribution >= 0.6 is 0 Å². The molecule has 2 N–H and O–H groups in total. The van der Waals surface area contributed by atoms with Crippen LogP contribution < -0.4 is 10.6 Å². The summed E-state index contributed by atoms with van der Waals surface area (Å²) in [5.41, 5.74) is 0.996. The summed E-state index contributed by atoms with van der Waals surface area (Å²) in [4.78, 5) is 9.23. The van der Waals surface area contributed by atoms with Gasteiger partial charge in [0, 0.05) is 24.6 Å². The van der Waals surface area contributed by atoms with Crippen molar-refractivity contribution in [1.29, 1.82) is 0 Å². The van der Waals surface area contributed by atoms with E-state index in [2.05, 4.69) is 20.6 Å². The van der Waals surface area contributed by atoms with Crippen LogP contribution in [-0.2, 0) is 9.84 Å². The van der Waals surface area contributed by atoms with Crippen molar-refractivity contribution >= 4 is 21.5 Å². The third-order valence-electron chi connectivity index (χ3n) is 4.24.